The zero-order chi connectivity index (χ0) is 15.3. The van der Waals surface area contributed by atoms with E-state index >= 15 is 0 Å². The average Bonchev–Trinajstić information content (AvgIpc) is 2.79. The Morgan fingerprint density at radius 1 is 1.38 bits per heavy atom. The molecule has 0 radical (unpaired) electrons. The van der Waals surface area contributed by atoms with Crippen LogP contribution in [0.15, 0.2) is 6.20 Å². The summed E-state index contributed by atoms with van der Waals surface area (Å²) in [5, 5.41) is 10.6. The molecule has 1 heterocycles. The summed E-state index contributed by atoms with van der Waals surface area (Å²) in [5.74, 6) is -0.0397. The third-order valence-corrected chi connectivity index (χ3v) is 3.21. The third kappa shape index (κ3) is 5.32. The summed E-state index contributed by atoms with van der Waals surface area (Å²) >= 11 is 0. The summed E-state index contributed by atoms with van der Waals surface area (Å²) in [4.78, 5) is 12.3. The molecule has 0 saturated heterocycles. The highest BCUT2D eigenvalue weighted by molar-refractivity contribution is 5.95. The molecule has 1 atom stereocenters. The molecule has 0 bridgehead atoms. The largest absolute Gasteiger partial charge is 0.350 e. The maximum absolute atomic E-state index is 12.3. The molecule has 6 heteroatoms. The number of aromatic nitrogens is 2. The minimum atomic E-state index is -0.110. The zero-order valence-electron chi connectivity index (χ0n) is 14.0. The molecule has 0 aromatic carbocycles. The summed E-state index contributed by atoms with van der Waals surface area (Å²) < 4.78 is 1.94. The second-order valence-electron chi connectivity index (χ2n) is 6.11. The molecule has 1 amide bonds. The number of amides is 1. The van der Waals surface area contributed by atoms with E-state index in [-0.39, 0.29) is 29.9 Å². The lowest BCUT2D eigenvalue weighted by atomic mass is 10.1. The summed E-state index contributed by atoms with van der Waals surface area (Å²) in [7, 11) is 0. The minimum absolute atomic E-state index is 0. The number of hydrogen-bond acceptors (Lipinski definition) is 3. The van der Waals surface area contributed by atoms with Gasteiger partial charge in [0, 0.05) is 12.6 Å². The molecule has 5 nitrogen and oxygen atoms in total. The fourth-order valence-corrected chi connectivity index (χ4v) is 2.24. The van der Waals surface area contributed by atoms with Crippen LogP contribution in [0.2, 0.25) is 0 Å². The first-order valence-corrected chi connectivity index (χ1v) is 7.40. The van der Waals surface area contributed by atoms with Crippen molar-refractivity contribution in [2.24, 2.45) is 0 Å². The van der Waals surface area contributed by atoms with Gasteiger partial charge in [0.1, 0.15) is 0 Å². The molecule has 21 heavy (non-hydrogen) atoms. The topological polar surface area (TPSA) is 58.9 Å². The van der Waals surface area contributed by atoms with Gasteiger partial charge in [-0.2, -0.15) is 5.10 Å². The van der Waals surface area contributed by atoms with Gasteiger partial charge < -0.3 is 10.6 Å². The van der Waals surface area contributed by atoms with E-state index in [2.05, 4.69) is 57.3 Å². The highest BCUT2D eigenvalue weighted by atomic mass is 35.5. The average molecular weight is 317 g/mol. The molecule has 0 fully saturated rings. The van der Waals surface area contributed by atoms with Crippen molar-refractivity contribution in [3.8, 4) is 0 Å². The van der Waals surface area contributed by atoms with Crippen LogP contribution >= 0.6 is 12.4 Å². The molecule has 0 unspecified atom stereocenters. The Morgan fingerprint density at radius 2 is 2.00 bits per heavy atom. The lowest BCUT2D eigenvalue weighted by Crippen LogP contribution is -2.39. The Bertz CT molecular complexity index is 451. The second kappa shape index (κ2) is 8.39. The van der Waals surface area contributed by atoms with Crippen LogP contribution in [0.5, 0.6) is 0 Å². The number of likely N-dealkylation sites (N-methyl/N-ethyl adjacent to an activating group) is 1. The van der Waals surface area contributed by atoms with E-state index in [0.717, 1.165) is 18.7 Å². The van der Waals surface area contributed by atoms with Gasteiger partial charge >= 0.3 is 0 Å². The van der Waals surface area contributed by atoms with Crippen molar-refractivity contribution < 1.29 is 4.79 Å². The molecule has 1 rings (SSSR count). The molecule has 0 aliphatic heterocycles. The van der Waals surface area contributed by atoms with Crippen molar-refractivity contribution in [2.45, 2.75) is 59.5 Å². The Balaban J connectivity index is 0.00000400. The van der Waals surface area contributed by atoms with E-state index in [4.69, 9.17) is 0 Å². The van der Waals surface area contributed by atoms with E-state index in [1.807, 2.05) is 4.68 Å². The summed E-state index contributed by atoms with van der Waals surface area (Å²) in [5.41, 5.74) is 1.57. The molecular weight excluding hydrogens is 288 g/mol. The normalized spacial score (nSPS) is 12.7. The lowest BCUT2D eigenvalue weighted by molar-refractivity contribution is 0.0949. The minimum Gasteiger partial charge on any atom is -0.350 e. The molecular formula is C15H29ClN4O. The molecule has 1 aromatic rings. The maximum atomic E-state index is 12.3. The van der Waals surface area contributed by atoms with Gasteiger partial charge in [0.15, 0.2) is 0 Å². The van der Waals surface area contributed by atoms with Gasteiger partial charge in [-0.25, -0.2) is 0 Å². The molecule has 0 spiro atoms. The van der Waals surface area contributed by atoms with Gasteiger partial charge in [0.05, 0.1) is 23.0 Å². The smallest absolute Gasteiger partial charge is 0.254 e. The van der Waals surface area contributed by atoms with Crippen LogP contribution in [0.3, 0.4) is 0 Å². The first kappa shape index (κ1) is 19.9. The van der Waals surface area contributed by atoms with Crippen molar-refractivity contribution in [1.29, 1.82) is 0 Å². The standard InChI is InChI=1S/C15H28N4O.ClH/c1-7-13-12(10-18-19(13)15(4,5)6)14(20)17-9-11(3)16-8-2;/h10-11,16H,7-9H2,1-6H3,(H,17,20);1H/t11-;/m1./s1. The van der Waals surface area contributed by atoms with Gasteiger partial charge in [-0.15, -0.1) is 12.4 Å². The monoisotopic (exact) mass is 316 g/mol. The Labute approximate surface area is 134 Å². The first-order valence-electron chi connectivity index (χ1n) is 7.40. The first-order chi connectivity index (χ1) is 9.31. The Morgan fingerprint density at radius 3 is 2.48 bits per heavy atom. The van der Waals surface area contributed by atoms with Gasteiger partial charge in [-0.1, -0.05) is 13.8 Å². The van der Waals surface area contributed by atoms with Crippen LogP contribution in [-0.2, 0) is 12.0 Å². The van der Waals surface area contributed by atoms with Crippen molar-refractivity contribution in [3.63, 3.8) is 0 Å². The quantitative estimate of drug-likeness (QED) is 0.847. The number of carbonyl (C=O) groups excluding carboxylic acids is 1. The molecule has 1 aromatic heterocycles. The second-order valence-corrected chi connectivity index (χ2v) is 6.11. The van der Waals surface area contributed by atoms with E-state index in [1.54, 1.807) is 6.20 Å². The summed E-state index contributed by atoms with van der Waals surface area (Å²) in [6.45, 7) is 14.0. The van der Waals surface area contributed by atoms with Crippen molar-refractivity contribution in [3.05, 3.63) is 17.5 Å². The van der Waals surface area contributed by atoms with Crippen LogP contribution in [-0.4, -0.2) is 34.8 Å². The van der Waals surface area contributed by atoms with Gasteiger partial charge in [0.25, 0.3) is 5.91 Å². The van der Waals surface area contributed by atoms with E-state index in [0.29, 0.717) is 12.1 Å². The highest BCUT2D eigenvalue weighted by Crippen LogP contribution is 2.19. The van der Waals surface area contributed by atoms with Crippen LogP contribution in [0.4, 0.5) is 0 Å². The molecule has 0 aliphatic carbocycles. The summed E-state index contributed by atoms with van der Waals surface area (Å²) in [6.07, 6.45) is 2.47. The SMILES string of the molecule is CCN[C@H](C)CNC(=O)c1cnn(C(C)(C)C)c1CC.Cl. The van der Waals surface area contributed by atoms with Crippen molar-refractivity contribution >= 4 is 18.3 Å². The predicted octanol–water partition coefficient (Wildman–Crippen LogP) is 2.35. The number of halogens is 1. The molecule has 122 valence electrons. The molecule has 2 N–H and O–H groups in total. The van der Waals surface area contributed by atoms with Crippen molar-refractivity contribution in [1.82, 2.24) is 20.4 Å². The van der Waals surface area contributed by atoms with Gasteiger partial charge in [-0.05, 0) is 40.7 Å². The lowest BCUT2D eigenvalue weighted by Gasteiger charge is -2.22. The van der Waals surface area contributed by atoms with Gasteiger partial charge in [0.2, 0.25) is 0 Å². The van der Waals surface area contributed by atoms with Crippen LogP contribution in [0.25, 0.3) is 0 Å². The van der Waals surface area contributed by atoms with Gasteiger partial charge in [-0.3, -0.25) is 9.48 Å². The highest BCUT2D eigenvalue weighted by Gasteiger charge is 2.22. The van der Waals surface area contributed by atoms with Crippen LogP contribution in [0, 0.1) is 0 Å². The predicted molar refractivity (Wildman–Crippen MR) is 89.3 cm³/mol. The fraction of sp³-hybridized carbons (Fsp3) is 0.733. The zero-order valence-corrected chi connectivity index (χ0v) is 14.8. The summed E-state index contributed by atoms with van der Waals surface area (Å²) in [6, 6.07) is 0.270. The van der Waals surface area contributed by atoms with E-state index in [1.165, 1.54) is 0 Å². The number of carbonyl (C=O) groups is 1. The molecule has 0 saturated carbocycles. The Kier molecular flexibility index (Phi) is 7.96. The van der Waals surface area contributed by atoms with Crippen LogP contribution < -0.4 is 10.6 Å². The Hall–Kier alpha value is -1.07. The van der Waals surface area contributed by atoms with E-state index < -0.39 is 0 Å². The third-order valence-electron chi connectivity index (χ3n) is 3.21. The van der Waals surface area contributed by atoms with Crippen LogP contribution in [0.1, 0.15) is 57.6 Å². The maximum Gasteiger partial charge on any atom is 0.254 e. The van der Waals surface area contributed by atoms with Crippen molar-refractivity contribution in [2.75, 3.05) is 13.1 Å². The number of nitrogens with one attached hydrogen (secondary N) is 2. The number of nitrogens with zero attached hydrogens (tertiary/aromatic N) is 2. The fourth-order valence-electron chi connectivity index (χ4n) is 2.24. The molecule has 0 aliphatic rings. The number of rotatable bonds is 6. The number of hydrogen-bond donors (Lipinski definition) is 2. The van der Waals surface area contributed by atoms with E-state index in [9.17, 15) is 4.79 Å².